The standard InChI is InChI=1S/C15H20F3N3O2.C2H6/c1-22-10-14-4-2-6-21(14)11(3-5-14)9-23-12-7-13(15(16,17)18)20-19-8-12;1-2/h7-8,11H,2-6,9-10H2,1H3;1-2H3. The van der Waals surface area contributed by atoms with Crippen LogP contribution in [0.2, 0.25) is 0 Å². The van der Waals surface area contributed by atoms with Gasteiger partial charge in [0.25, 0.3) is 0 Å². The van der Waals surface area contributed by atoms with E-state index < -0.39 is 11.9 Å². The van der Waals surface area contributed by atoms with Crippen LogP contribution in [0.5, 0.6) is 5.75 Å². The quantitative estimate of drug-likeness (QED) is 0.803. The van der Waals surface area contributed by atoms with E-state index in [1.54, 1.807) is 7.11 Å². The minimum absolute atomic E-state index is 0.0798. The van der Waals surface area contributed by atoms with Crippen molar-refractivity contribution in [3.8, 4) is 5.75 Å². The lowest BCUT2D eigenvalue weighted by atomic mass is 9.95. The van der Waals surface area contributed by atoms with Gasteiger partial charge in [-0.25, -0.2) is 0 Å². The normalized spacial score (nSPS) is 26.1. The van der Waals surface area contributed by atoms with Crippen LogP contribution >= 0.6 is 0 Å². The Bertz CT molecular complexity index is 556. The maximum absolute atomic E-state index is 12.6. The van der Waals surface area contributed by atoms with Crippen LogP contribution in [-0.2, 0) is 10.9 Å². The highest BCUT2D eigenvalue weighted by molar-refractivity contribution is 5.21. The molecule has 0 aliphatic carbocycles. The molecule has 2 aliphatic heterocycles. The predicted molar refractivity (Wildman–Crippen MR) is 87.4 cm³/mol. The Morgan fingerprint density at radius 1 is 1.32 bits per heavy atom. The fourth-order valence-electron chi connectivity index (χ4n) is 3.82. The van der Waals surface area contributed by atoms with Gasteiger partial charge in [-0.2, -0.15) is 18.3 Å². The summed E-state index contributed by atoms with van der Waals surface area (Å²) in [5.74, 6) is 0.107. The number of rotatable bonds is 5. The van der Waals surface area contributed by atoms with Crippen LogP contribution in [0.1, 0.15) is 45.2 Å². The zero-order valence-electron chi connectivity index (χ0n) is 15.0. The fourth-order valence-corrected chi connectivity index (χ4v) is 3.82. The lowest BCUT2D eigenvalue weighted by molar-refractivity contribution is -0.141. The molecular weight excluding hydrogens is 335 g/mol. The summed E-state index contributed by atoms with van der Waals surface area (Å²) in [7, 11) is 1.70. The molecule has 1 aromatic heterocycles. The number of hydrogen-bond acceptors (Lipinski definition) is 5. The van der Waals surface area contributed by atoms with Crippen LogP contribution in [0.15, 0.2) is 12.3 Å². The van der Waals surface area contributed by atoms with E-state index >= 15 is 0 Å². The molecular formula is C17H26F3N3O2. The van der Waals surface area contributed by atoms with Crippen LogP contribution < -0.4 is 4.74 Å². The van der Waals surface area contributed by atoms with Crippen molar-refractivity contribution in [3.05, 3.63) is 18.0 Å². The van der Waals surface area contributed by atoms with E-state index in [9.17, 15) is 13.2 Å². The maximum Gasteiger partial charge on any atom is 0.435 e. The second-order valence-corrected chi connectivity index (χ2v) is 6.23. The van der Waals surface area contributed by atoms with E-state index in [1.165, 1.54) is 6.20 Å². The largest absolute Gasteiger partial charge is 0.490 e. The third-order valence-corrected chi connectivity index (χ3v) is 4.81. The molecule has 25 heavy (non-hydrogen) atoms. The van der Waals surface area contributed by atoms with Crippen LogP contribution in [0.4, 0.5) is 13.2 Å². The SMILES string of the molecule is CC.COCC12CCCN1C(COc1cnnc(C(F)(F)F)c1)CC2. The monoisotopic (exact) mass is 361 g/mol. The van der Waals surface area contributed by atoms with Crippen LogP contribution in [-0.4, -0.2) is 53.5 Å². The number of ether oxygens (including phenoxy) is 2. The number of nitrogens with zero attached hydrogens (tertiary/aromatic N) is 3. The van der Waals surface area contributed by atoms with Gasteiger partial charge in [0.05, 0.1) is 12.8 Å². The van der Waals surface area contributed by atoms with Gasteiger partial charge in [-0.3, -0.25) is 4.90 Å². The van der Waals surface area contributed by atoms with E-state index in [0.717, 1.165) is 38.3 Å². The van der Waals surface area contributed by atoms with Crippen molar-refractivity contribution in [3.63, 3.8) is 0 Å². The van der Waals surface area contributed by atoms with Crippen molar-refractivity contribution in [2.24, 2.45) is 0 Å². The van der Waals surface area contributed by atoms with Gasteiger partial charge in [0.15, 0.2) is 5.69 Å². The Balaban J connectivity index is 0.00000109. The lowest BCUT2D eigenvalue weighted by Crippen LogP contribution is -2.47. The molecule has 0 radical (unpaired) electrons. The molecule has 2 aliphatic rings. The van der Waals surface area contributed by atoms with Crippen molar-refractivity contribution < 1.29 is 22.6 Å². The first kappa shape index (κ1) is 19.9. The van der Waals surface area contributed by atoms with E-state index in [1.807, 2.05) is 13.8 Å². The molecule has 2 unspecified atom stereocenters. The summed E-state index contributed by atoms with van der Waals surface area (Å²) in [4.78, 5) is 2.40. The lowest BCUT2D eigenvalue weighted by Gasteiger charge is -2.34. The van der Waals surface area contributed by atoms with Crippen molar-refractivity contribution in [1.82, 2.24) is 15.1 Å². The number of aromatic nitrogens is 2. The summed E-state index contributed by atoms with van der Waals surface area (Å²) in [6.07, 6.45) is 0.936. The summed E-state index contributed by atoms with van der Waals surface area (Å²) >= 11 is 0. The topological polar surface area (TPSA) is 47.5 Å². The third kappa shape index (κ3) is 4.41. The van der Waals surface area contributed by atoms with Gasteiger partial charge in [0.2, 0.25) is 0 Å². The first-order chi connectivity index (χ1) is 11.9. The number of hydrogen-bond donors (Lipinski definition) is 0. The molecule has 0 N–H and O–H groups in total. The molecule has 0 spiro atoms. The van der Waals surface area contributed by atoms with E-state index in [2.05, 4.69) is 15.1 Å². The molecule has 8 heteroatoms. The fraction of sp³-hybridized carbons (Fsp3) is 0.765. The minimum Gasteiger partial charge on any atom is -0.490 e. The van der Waals surface area contributed by atoms with Crippen molar-refractivity contribution in [2.45, 2.75) is 57.3 Å². The molecule has 3 rings (SSSR count). The van der Waals surface area contributed by atoms with Gasteiger partial charge >= 0.3 is 6.18 Å². The maximum atomic E-state index is 12.6. The van der Waals surface area contributed by atoms with Crippen LogP contribution in [0.3, 0.4) is 0 Å². The Hall–Kier alpha value is -1.41. The number of methoxy groups -OCH3 is 1. The molecule has 5 nitrogen and oxygen atoms in total. The van der Waals surface area contributed by atoms with Gasteiger partial charge in [-0.1, -0.05) is 13.8 Å². The molecule has 0 saturated carbocycles. The number of alkyl halides is 3. The smallest absolute Gasteiger partial charge is 0.435 e. The van der Waals surface area contributed by atoms with Gasteiger partial charge in [0.1, 0.15) is 12.4 Å². The zero-order chi connectivity index (χ0) is 18.5. The van der Waals surface area contributed by atoms with Gasteiger partial charge in [-0.15, -0.1) is 5.10 Å². The summed E-state index contributed by atoms with van der Waals surface area (Å²) in [5, 5.41) is 6.47. The van der Waals surface area contributed by atoms with E-state index in [-0.39, 0.29) is 17.3 Å². The summed E-state index contributed by atoms with van der Waals surface area (Å²) in [6, 6.07) is 1.10. The van der Waals surface area contributed by atoms with Crippen LogP contribution in [0.25, 0.3) is 0 Å². The van der Waals surface area contributed by atoms with Crippen LogP contribution in [0, 0.1) is 0 Å². The van der Waals surface area contributed by atoms with Crippen molar-refractivity contribution >= 4 is 0 Å². The first-order valence-electron chi connectivity index (χ1n) is 8.73. The first-order valence-corrected chi connectivity index (χ1v) is 8.73. The average molecular weight is 361 g/mol. The Kier molecular flexibility index (Phi) is 6.62. The molecule has 142 valence electrons. The summed E-state index contributed by atoms with van der Waals surface area (Å²) in [6.45, 7) is 6.03. The molecule has 1 aromatic rings. The zero-order valence-corrected chi connectivity index (χ0v) is 15.0. The second kappa shape index (κ2) is 8.31. The molecule has 0 aromatic carbocycles. The highest BCUT2D eigenvalue weighted by Crippen LogP contribution is 2.42. The van der Waals surface area contributed by atoms with Crippen molar-refractivity contribution in [1.29, 1.82) is 0 Å². The van der Waals surface area contributed by atoms with E-state index in [4.69, 9.17) is 9.47 Å². The van der Waals surface area contributed by atoms with Gasteiger partial charge in [-0.05, 0) is 32.2 Å². The second-order valence-electron chi connectivity index (χ2n) is 6.23. The highest BCUT2D eigenvalue weighted by Gasteiger charge is 2.49. The Morgan fingerprint density at radius 2 is 2.08 bits per heavy atom. The highest BCUT2D eigenvalue weighted by atomic mass is 19.4. The Labute approximate surface area is 146 Å². The Morgan fingerprint density at radius 3 is 2.76 bits per heavy atom. The predicted octanol–water partition coefficient (Wildman–Crippen LogP) is 3.54. The van der Waals surface area contributed by atoms with E-state index in [0.29, 0.717) is 13.2 Å². The number of fused-ring (bicyclic) bond motifs is 1. The van der Waals surface area contributed by atoms with Gasteiger partial charge < -0.3 is 9.47 Å². The minimum atomic E-state index is -4.51. The molecule has 2 atom stereocenters. The number of halogens is 3. The summed E-state index contributed by atoms with van der Waals surface area (Å²) < 4.78 is 48.9. The molecule has 0 bridgehead atoms. The average Bonchev–Trinajstić information content (AvgIpc) is 3.14. The molecule has 2 saturated heterocycles. The molecule has 2 fully saturated rings. The molecule has 3 heterocycles. The van der Waals surface area contributed by atoms with Gasteiger partial charge in [0, 0.05) is 24.8 Å². The summed E-state index contributed by atoms with van der Waals surface area (Å²) in [5.41, 5.74) is -0.951. The van der Waals surface area contributed by atoms with Crippen molar-refractivity contribution in [2.75, 3.05) is 26.9 Å². The third-order valence-electron chi connectivity index (χ3n) is 4.81. The molecule has 0 amide bonds.